The Bertz CT molecular complexity index is 770. The summed E-state index contributed by atoms with van der Waals surface area (Å²) < 4.78 is 2.82. The van der Waals surface area contributed by atoms with E-state index in [9.17, 15) is 14.9 Å². The van der Waals surface area contributed by atoms with Crippen LogP contribution in [-0.2, 0) is 17.9 Å². The molecule has 0 aliphatic rings. The third-order valence-electron chi connectivity index (χ3n) is 3.29. The monoisotopic (exact) mass is 374 g/mol. The van der Waals surface area contributed by atoms with E-state index < -0.39 is 4.92 Å². The minimum absolute atomic E-state index is 0.0812. The molecule has 0 unspecified atom stereocenters. The van der Waals surface area contributed by atoms with E-state index in [1.165, 1.54) is 17.8 Å². The lowest BCUT2D eigenvalue weighted by molar-refractivity contribution is -0.385. The van der Waals surface area contributed by atoms with Gasteiger partial charge in [0, 0.05) is 13.1 Å². The van der Waals surface area contributed by atoms with E-state index >= 15 is 0 Å². The van der Waals surface area contributed by atoms with Crippen molar-refractivity contribution in [3.63, 3.8) is 0 Å². The second-order valence-electron chi connectivity index (χ2n) is 5.17. The first-order chi connectivity index (χ1) is 11.3. The highest BCUT2D eigenvalue weighted by Crippen LogP contribution is 2.24. The summed E-state index contributed by atoms with van der Waals surface area (Å²) in [6.07, 6.45) is 1.85. The van der Waals surface area contributed by atoms with Crippen molar-refractivity contribution in [3.05, 3.63) is 37.9 Å². The van der Waals surface area contributed by atoms with Gasteiger partial charge < -0.3 is 5.32 Å². The summed E-state index contributed by atoms with van der Waals surface area (Å²) in [4.78, 5) is 22.0. The molecule has 24 heavy (non-hydrogen) atoms. The van der Waals surface area contributed by atoms with Gasteiger partial charge in [-0.2, -0.15) is 10.2 Å². The van der Waals surface area contributed by atoms with Gasteiger partial charge >= 0.3 is 5.69 Å². The second kappa shape index (κ2) is 7.63. The molecule has 2 aromatic heterocycles. The molecule has 1 amide bonds. The molecule has 2 aromatic rings. The highest BCUT2D eigenvalue weighted by Gasteiger charge is 2.16. The van der Waals surface area contributed by atoms with Crippen molar-refractivity contribution in [2.24, 2.45) is 0 Å². The molecule has 0 fully saturated rings. The lowest BCUT2D eigenvalue weighted by atomic mass is 10.4. The first-order valence-electron chi connectivity index (χ1n) is 7.13. The number of halogens is 2. The summed E-state index contributed by atoms with van der Waals surface area (Å²) in [5, 5.41) is 22.4. The number of aromatic nitrogens is 4. The van der Waals surface area contributed by atoms with Crippen molar-refractivity contribution in [1.82, 2.24) is 24.9 Å². The van der Waals surface area contributed by atoms with Gasteiger partial charge in [0.1, 0.15) is 28.6 Å². The van der Waals surface area contributed by atoms with Crippen LogP contribution < -0.4 is 5.32 Å². The molecular formula is C13H16Cl2N6O3. The number of aryl methyl sites for hydroxylation is 3. The topological polar surface area (TPSA) is 108 Å². The molecule has 0 radical (unpaired) electrons. The summed E-state index contributed by atoms with van der Waals surface area (Å²) in [5.74, 6) is -0.284. The molecule has 9 nitrogen and oxygen atoms in total. The number of rotatable bonds is 7. The molecule has 1 N–H and O–H groups in total. The lowest BCUT2D eigenvalue weighted by Crippen LogP contribution is -2.29. The van der Waals surface area contributed by atoms with Crippen LogP contribution in [-0.4, -0.2) is 36.9 Å². The van der Waals surface area contributed by atoms with Gasteiger partial charge in [0.2, 0.25) is 5.91 Å². The molecule has 0 saturated heterocycles. The highest BCUT2D eigenvalue weighted by atomic mass is 35.5. The smallest absolute Gasteiger partial charge is 0.309 e. The Morgan fingerprint density at radius 3 is 2.58 bits per heavy atom. The molecule has 2 rings (SSSR count). The number of nitrogens with one attached hydrogen (secondary N) is 1. The maximum Gasteiger partial charge on any atom is 0.309 e. The number of nitro groups is 1. The van der Waals surface area contributed by atoms with Crippen LogP contribution in [0.15, 0.2) is 6.20 Å². The molecule has 0 aliphatic carbocycles. The number of carbonyl (C=O) groups excluding carboxylic acids is 1. The SMILES string of the molecule is Cc1nn(CC(=O)NCCCn2nc(C)c(Cl)c2Cl)cc1[N+](=O)[O-]. The van der Waals surface area contributed by atoms with Crippen LogP contribution in [0, 0.1) is 24.0 Å². The Hall–Kier alpha value is -2.13. The van der Waals surface area contributed by atoms with Crippen molar-refractivity contribution in [3.8, 4) is 0 Å². The Morgan fingerprint density at radius 2 is 2.04 bits per heavy atom. The van der Waals surface area contributed by atoms with Crippen LogP contribution in [0.1, 0.15) is 17.8 Å². The zero-order chi connectivity index (χ0) is 17.9. The maximum absolute atomic E-state index is 11.8. The van der Waals surface area contributed by atoms with Crippen LogP contribution in [0.5, 0.6) is 0 Å². The quantitative estimate of drug-likeness (QED) is 0.453. The summed E-state index contributed by atoms with van der Waals surface area (Å²) >= 11 is 12.0. The third-order valence-corrected chi connectivity index (χ3v) is 4.22. The minimum Gasteiger partial charge on any atom is -0.354 e. The second-order valence-corrected chi connectivity index (χ2v) is 5.91. The Balaban J connectivity index is 1.78. The average molecular weight is 375 g/mol. The Kier molecular flexibility index (Phi) is 5.79. The van der Waals surface area contributed by atoms with Crippen LogP contribution in [0.3, 0.4) is 0 Å². The minimum atomic E-state index is -0.530. The van der Waals surface area contributed by atoms with Gasteiger partial charge in [-0.25, -0.2) is 0 Å². The van der Waals surface area contributed by atoms with E-state index in [-0.39, 0.29) is 23.8 Å². The molecule has 2 heterocycles. The summed E-state index contributed by atoms with van der Waals surface area (Å²) in [7, 11) is 0. The standard InChI is InChI=1S/C13H16Cl2N6O3/c1-8-10(21(23)24)6-19(17-8)7-11(22)16-4-3-5-20-13(15)12(14)9(2)18-20/h6H,3-5,7H2,1-2H3,(H,16,22). The first kappa shape index (κ1) is 18.2. The number of amides is 1. The van der Waals surface area contributed by atoms with Crippen LogP contribution in [0.25, 0.3) is 0 Å². The van der Waals surface area contributed by atoms with Gasteiger partial charge in [0.25, 0.3) is 0 Å². The van der Waals surface area contributed by atoms with E-state index in [4.69, 9.17) is 23.2 Å². The number of hydrogen-bond donors (Lipinski definition) is 1. The van der Waals surface area contributed by atoms with Crippen LogP contribution in [0.4, 0.5) is 5.69 Å². The summed E-state index contributed by atoms with van der Waals surface area (Å²) in [5.41, 5.74) is 0.818. The highest BCUT2D eigenvalue weighted by molar-refractivity contribution is 6.41. The molecule has 130 valence electrons. The third kappa shape index (κ3) is 4.24. The molecule has 0 aromatic carbocycles. The zero-order valence-corrected chi connectivity index (χ0v) is 14.6. The molecule has 0 bridgehead atoms. The van der Waals surface area contributed by atoms with E-state index in [0.29, 0.717) is 35.4 Å². The Morgan fingerprint density at radius 1 is 1.33 bits per heavy atom. The fourth-order valence-corrected chi connectivity index (χ4v) is 2.50. The molecular weight excluding hydrogens is 359 g/mol. The predicted octanol–water partition coefficient (Wildman–Crippen LogP) is 2.12. The van der Waals surface area contributed by atoms with Gasteiger partial charge in [0.15, 0.2) is 0 Å². The van der Waals surface area contributed by atoms with Crippen molar-refractivity contribution >= 4 is 34.8 Å². The van der Waals surface area contributed by atoms with Gasteiger partial charge in [0.05, 0.1) is 10.6 Å². The van der Waals surface area contributed by atoms with E-state index in [2.05, 4.69) is 15.5 Å². The van der Waals surface area contributed by atoms with Crippen molar-refractivity contribution in [2.45, 2.75) is 33.4 Å². The lowest BCUT2D eigenvalue weighted by Gasteiger charge is -2.06. The number of hydrogen-bond acceptors (Lipinski definition) is 5. The van der Waals surface area contributed by atoms with Crippen LogP contribution >= 0.6 is 23.2 Å². The summed E-state index contributed by atoms with van der Waals surface area (Å²) in [6, 6.07) is 0. The molecule has 0 spiro atoms. The van der Waals surface area contributed by atoms with E-state index in [1.807, 2.05) is 0 Å². The average Bonchev–Trinajstić information content (AvgIpc) is 2.99. The van der Waals surface area contributed by atoms with Gasteiger partial charge in [-0.3, -0.25) is 24.3 Å². The largest absolute Gasteiger partial charge is 0.354 e. The van der Waals surface area contributed by atoms with Gasteiger partial charge in [-0.15, -0.1) is 0 Å². The van der Waals surface area contributed by atoms with Crippen molar-refractivity contribution in [2.75, 3.05) is 6.54 Å². The number of nitrogens with zero attached hydrogens (tertiary/aromatic N) is 5. The van der Waals surface area contributed by atoms with Crippen molar-refractivity contribution in [1.29, 1.82) is 0 Å². The first-order valence-corrected chi connectivity index (χ1v) is 7.88. The van der Waals surface area contributed by atoms with E-state index in [1.54, 1.807) is 11.6 Å². The molecule has 0 saturated carbocycles. The zero-order valence-electron chi connectivity index (χ0n) is 13.1. The van der Waals surface area contributed by atoms with Gasteiger partial charge in [-0.05, 0) is 20.3 Å². The molecule has 0 atom stereocenters. The van der Waals surface area contributed by atoms with E-state index in [0.717, 1.165) is 0 Å². The van der Waals surface area contributed by atoms with Crippen LogP contribution in [0.2, 0.25) is 10.2 Å². The normalized spacial score (nSPS) is 10.8. The van der Waals surface area contributed by atoms with Gasteiger partial charge in [-0.1, -0.05) is 23.2 Å². The summed E-state index contributed by atoms with van der Waals surface area (Å²) in [6.45, 7) is 4.13. The maximum atomic E-state index is 11.8. The fraction of sp³-hybridized carbons (Fsp3) is 0.462. The van der Waals surface area contributed by atoms with Crippen molar-refractivity contribution < 1.29 is 9.72 Å². The predicted molar refractivity (Wildman–Crippen MR) is 88.2 cm³/mol. The molecule has 0 aliphatic heterocycles. The fourth-order valence-electron chi connectivity index (χ4n) is 2.11. The molecule has 11 heteroatoms. The Labute approximate surface area is 147 Å². The number of carbonyl (C=O) groups is 1.